The molecule has 0 saturated carbocycles. The highest BCUT2D eigenvalue weighted by molar-refractivity contribution is 5.40. The fourth-order valence-electron chi connectivity index (χ4n) is 3.34. The molecule has 1 saturated heterocycles. The molecule has 0 unspecified atom stereocenters. The van der Waals surface area contributed by atoms with E-state index < -0.39 is 0 Å². The minimum Gasteiger partial charge on any atom is -0.481 e. The zero-order valence-corrected chi connectivity index (χ0v) is 15.2. The van der Waals surface area contributed by atoms with E-state index in [9.17, 15) is 0 Å². The van der Waals surface area contributed by atoms with E-state index in [-0.39, 0.29) is 0 Å². The van der Waals surface area contributed by atoms with Crippen molar-refractivity contribution >= 4 is 5.82 Å². The molecule has 1 fully saturated rings. The Kier molecular flexibility index (Phi) is 4.71. The molecule has 0 aromatic carbocycles. The number of anilines is 1. The number of hydrogen-bond donors (Lipinski definition) is 0. The zero-order chi connectivity index (χ0) is 17.3. The van der Waals surface area contributed by atoms with Crippen LogP contribution in [0.5, 0.6) is 5.88 Å². The van der Waals surface area contributed by atoms with Crippen LogP contribution in [0.15, 0.2) is 6.07 Å². The molecule has 7 heteroatoms. The van der Waals surface area contributed by atoms with Crippen LogP contribution in [0.25, 0.3) is 0 Å². The van der Waals surface area contributed by atoms with Crippen LogP contribution in [0.4, 0.5) is 5.82 Å². The van der Waals surface area contributed by atoms with Crippen LogP contribution in [-0.2, 0) is 13.6 Å². The lowest BCUT2D eigenvalue weighted by Crippen LogP contribution is -2.46. The largest absolute Gasteiger partial charge is 0.481 e. The van der Waals surface area contributed by atoms with Crippen molar-refractivity contribution in [3.63, 3.8) is 0 Å². The summed E-state index contributed by atoms with van der Waals surface area (Å²) in [4.78, 5) is 13.7. The fourth-order valence-corrected chi connectivity index (χ4v) is 3.34. The van der Waals surface area contributed by atoms with Gasteiger partial charge in [0.1, 0.15) is 11.6 Å². The zero-order valence-electron chi connectivity index (χ0n) is 15.2. The summed E-state index contributed by atoms with van der Waals surface area (Å²) in [5.41, 5.74) is 3.25. The van der Waals surface area contributed by atoms with Gasteiger partial charge in [-0.3, -0.25) is 4.90 Å². The number of rotatable bonds is 4. The molecule has 0 atom stereocenters. The van der Waals surface area contributed by atoms with E-state index in [2.05, 4.69) is 30.9 Å². The first-order valence-corrected chi connectivity index (χ1v) is 8.34. The Balaban J connectivity index is 1.65. The van der Waals surface area contributed by atoms with Crippen molar-refractivity contribution in [1.29, 1.82) is 0 Å². The van der Waals surface area contributed by atoms with Gasteiger partial charge in [-0.15, -0.1) is 0 Å². The number of aromatic nitrogens is 4. The van der Waals surface area contributed by atoms with Crippen LogP contribution in [0, 0.1) is 20.8 Å². The predicted octanol–water partition coefficient (Wildman–Crippen LogP) is 1.47. The van der Waals surface area contributed by atoms with Gasteiger partial charge in [0.05, 0.1) is 18.4 Å². The van der Waals surface area contributed by atoms with Gasteiger partial charge in [0.15, 0.2) is 0 Å². The second-order valence-electron chi connectivity index (χ2n) is 6.37. The topological polar surface area (TPSA) is 59.3 Å². The number of methoxy groups -OCH3 is 1. The van der Waals surface area contributed by atoms with Gasteiger partial charge in [-0.1, -0.05) is 0 Å². The maximum absolute atomic E-state index is 5.50. The lowest BCUT2D eigenvalue weighted by molar-refractivity contribution is 0.244. The first-order chi connectivity index (χ1) is 11.5. The number of aryl methyl sites for hydroxylation is 4. The van der Waals surface area contributed by atoms with Crippen LogP contribution in [0.2, 0.25) is 0 Å². The number of piperazine rings is 1. The minimum atomic E-state index is 0.836. The summed E-state index contributed by atoms with van der Waals surface area (Å²) >= 11 is 0. The van der Waals surface area contributed by atoms with Gasteiger partial charge in [-0.05, 0) is 20.8 Å². The minimum absolute atomic E-state index is 0.836. The number of hydrogen-bond acceptors (Lipinski definition) is 6. The third-order valence-electron chi connectivity index (χ3n) is 4.51. The second kappa shape index (κ2) is 6.76. The molecule has 0 spiro atoms. The number of ether oxygens (including phenoxy) is 1. The van der Waals surface area contributed by atoms with E-state index in [1.807, 2.05) is 32.5 Å². The van der Waals surface area contributed by atoms with Crippen LogP contribution in [0.1, 0.15) is 22.8 Å². The Morgan fingerprint density at radius 3 is 2.42 bits per heavy atom. The molecule has 1 aliphatic rings. The molecular weight excluding hydrogens is 304 g/mol. The van der Waals surface area contributed by atoms with E-state index in [4.69, 9.17) is 4.74 Å². The Morgan fingerprint density at radius 2 is 1.79 bits per heavy atom. The fraction of sp³-hybridized carbons (Fsp3) is 0.588. The average molecular weight is 330 g/mol. The molecular formula is C17H26N6O. The van der Waals surface area contributed by atoms with Crippen molar-refractivity contribution in [1.82, 2.24) is 24.6 Å². The molecule has 0 N–H and O–H groups in total. The van der Waals surface area contributed by atoms with Gasteiger partial charge >= 0.3 is 0 Å². The van der Waals surface area contributed by atoms with E-state index in [1.54, 1.807) is 7.11 Å². The summed E-state index contributed by atoms with van der Waals surface area (Å²) in [6.07, 6.45) is 0. The van der Waals surface area contributed by atoms with Crippen molar-refractivity contribution in [2.75, 3.05) is 38.2 Å². The molecule has 0 bridgehead atoms. The van der Waals surface area contributed by atoms with E-state index in [0.717, 1.165) is 61.6 Å². The van der Waals surface area contributed by atoms with Crippen molar-refractivity contribution in [3.8, 4) is 5.88 Å². The van der Waals surface area contributed by atoms with Crippen LogP contribution in [-0.4, -0.2) is 57.9 Å². The molecule has 7 nitrogen and oxygen atoms in total. The third-order valence-corrected chi connectivity index (χ3v) is 4.51. The van der Waals surface area contributed by atoms with Gasteiger partial charge in [0.25, 0.3) is 0 Å². The Morgan fingerprint density at radius 1 is 1.08 bits per heavy atom. The van der Waals surface area contributed by atoms with Crippen LogP contribution < -0.4 is 9.64 Å². The monoisotopic (exact) mass is 330 g/mol. The van der Waals surface area contributed by atoms with Gasteiger partial charge in [-0.2, -0.15) is 5.10 Å². The highest BCUT2D eigenvalue weighted by atomic mass is 16.5. The molecule has 3 heterocycles. The van der Waals surface area contributed by atoms with Crippen molar-refractivity contribution < 1.29 is 4.74 Å². The SMILES string of the molecule is COc1c(CN2CCN(c3cc(C)nc(C)n3)CC2)c(C)nn1C. The maximum atomic E-state index is 5.50. The lowest BCUT2D eigenvalue weighted by Gasteiger charge is -2.35. The second-order valence-corrected chi connectivity index (χ2v) is 6.37. The molecule has 24 heavy (non-hydrogen) atoms. The molecule has 1 aliphatic heterocycles. The summed E-state index contributed by atoms with van der Waals surface area (Å²) in [5.74, 6) is 2.73. The first-order valence-electron chi connectivity index (χ1n) is 8.34. The van der Waals surface area contributed by atoms with Crippen LogP contribution in [0.3, 0.4) is 0 Å². The van der Waals surface area contributed by atoms with Gasteiger partial charge in [0.2, 0.25) is 5.88 Å². The number of nitrogens with zero attached hydrogens (tertiary/aromatic N) is 6. The van der Waals surface area contributed by atoms with E-state index in [0.29, 0.717) is 0 Å². The summed E-state index contributed by atoms with van der Waals surface area (Å²) in [5, 5.41) is 4.47. The van der Waals surface area contributed by atoms with Gasteiger partial charge in [0, 0.05) is 51.5 Å². The highest BCUT2D eigenvalue weighted by Gasteiger charge is 2.22. The Hall–Kier alpha value is -2.15. The summed E-state index contributed by atoms with van der Waals surface area (Å²) in [7, 11) is 3.63. The lowest BCUT2D eigenvalue weighted by atomic mass is 10.2. The van der Waals surface area contributed by atoms with Crippen molar-refractivity contribution in [2.45, 2.75) is 27.3 Å². The maximum Gasteiger partial charge on any atom is 0.216 e. The van der Waals surface area contributed by atoms with Gasteiger partial charge < -0.3 is 9.64 Å². The smallest absolute Gasteiger partial charge is 0.216 e. The molecule has 130 valence electrons. The summed E-state index contributed by atoms with van der Waals surface area (Å²) in [6.45, 7) is 10.8. The van der Waals surface area contributed by atoms with Crippen molar-refractivity contribution in [3.05, 3.63) is 28.8 Å². The predicted molar refractivity (Wildman–Crippen MR) is 93.5 cm³/mol. The van der Waals surface area contributed by atoms with Crippen LogP contribution >= 0.6 is 0 Å². The third kappa shape index (κ3) is 3.36. The quantitative estimate of drug-likeness (QED) is 0.846. The highest BCUT2D eigenvalue weighted by Crippen LogP contribution is 2.24. The average Bonchev–Trinajstić information content (AvgIpc) is 2.80. The summed E-state index contributed by atoms with van der Waals surface area (Å²) in [6, 6.07) is 2.07. The molecule has 2 aromatic rings. The Bertz CT molecular complexity index is 698. The van der Waals surface area contributed by atoms with Gasteiger partial charge in [-0.25, -0.2) is 14.6 Å². The molecule has 2 aromatic heterocycles. The molecule has 0 radical (unpaired) electrons. The molecule has 0 amide bonds. The van der Waals surface area contributed by atoms with Crippen molar-refractivity contribution in [2.24, 2.45) is 7.05 Å². The standard InChI is InChI=1S/C17H26N6O/c1-12-10-16(19-14(3)18-12)23-8-6-22(7-9-23)11-15-13(2)20-21(4)17(15)24-5/h10H,6-9,11H2,1-5H3. The Labute approximate surface area is 143 Å². The molecule has 0 aliphatic carbocycles. The summed E-state index contributed by atoms with van der Waals surface area (Å²) < 4.78 is 7.31. The first kappa shape index (κ1) is 16.7. The van der Waals surface area contributed by atoms with E-state index in [1.165, 1.54) is 5.56 Å². The molecule has 3 rings (SSSR count). The normalized spacial score (nSPS) is 15.8. The van der Waals surface area contributed by atoms with E-state index >= 15 is 0 Å².